The molecule has 0 bridgehead atoms. The van der Waals surface area contributed by atoms with Gasteiger partial charge in [0.2, 0.25) is 0 Å². The highest BCUT2D eigenvalue weighted by Gasteiger charge is 2.00. The molecule has 0 spiro atoms. The first-order valence-electron chi connectivity index (χ1n) is 6.06. The largest absolute Gasteiger partial charge is 0.489 e. The van der Waals surface area contributed by atoms with Crippen molar-refractivity contribution in [1.82, 2.24) is 0 Å². The number of hydrogen-bond donors (Lipinski definition) is 2. The van der Waals surface area contributed by atoms with Crippen LogP contribution < -0.4 is 10.1 Å². The standard InChI is InChI=1S/C15H14FNO3/c16-12-6-4-11(5-7-12)10-20-14-3-1-2-13(8-14)17-9-15(18)19/h1-8,17H,9-10H2,(H,18,19). The van der Waals surface area contributed by atoms with E-state index >= 15 is 0 Å². The molecule has 0 atom stereocenters. The van der Waals surface area contributed by atoms with Crippen LogP contribution in [-0.4, -0.2) is 17.6 Å². The summed E-state index contributed by atoms with van der Waals surface area (Å²) in [6, 6.07) is 13.1. The number of anilines is 1. The molecule has 104 valence electrons. The Bertz CT molecular complexity index is 584. The first-order valence-corrected chi connectivity index (χ1v) is 6.06. The molecule has 5 heteroatoms. The van der Waals surface area contributed by atoms with Gasteiger partial charge in [-0.2, -0.15) is 0 Å². The second kappa shape index (κ2) is 6.56. The number of ether oxygens (including phenoxy) is 1. The van der Waals surface area contributed by atoms with E-state index in [-0.39, 0.29) is 12.4 Å². The summed E-state index contributed by atoms with van der Waals surface area (Å²) in [5.74, 6) is -0.596. The van der Waals surface area contributed by atoms with Crippen LogP contribution in [0.15, 0.2) is 48.5 Å². The third-order valence-corrected chi connectivity index (χ3v) is 2.60. The molecule has 0 aliphatic rings. The number of carboxylic acid groups (broad SMARTS) is 1. The van der Waals surface area contributed by atoms with E-state index in [9.17, 15) is 9.18 Å². The number of carbonyl (C=O) groups is 1. The molecule has 0 heterocycles. The van der Waals surface area contributed by atoms with E-state index in [0.29, 0.717) is 18.0 Å². The van der Waals surface area contributed by atoms with Gasteiger partial charge in [-0.15, -0.1) is 0 Å². The fourth-order valence-electron chi connectivity index (χ4n) is 1.62. The van der Waals surface area contributed by atoms with E-state index in [1.165, 1.54) is 12.1 Å². The zero-order valence-corrected chi connectivity index (χ0v) is 10.7. The van der Waals surface area contributed by atoms with E-state index in [2.05, 4.69) is 5.32 Å². The van der Waals surface area contributed by atoms with E-state index in [1.807, 2.05) is 0 Å². The van der Waals surface area contributed by atoms with Gasteiger partial charge in [0, 0.05) is 11.8 Å². The van der Waals surface area contributed by atoms with Gasteiger partial charge in [0.1, 0.15) is 24.7 Å². The highest BCUT2D eigenvalue weighted by atomic mass is 19.1. The molecule has 2 rings (SSSR count). The van der Waals surface area contributed by atoms with Crippen molar-refractivity contribution < 1.29 is 19.0 Å². The molecule has 4 nitrogen and oxygen atoms in total. The molecule has 0 saturated heterocycles. The molecular formula is C15H14FNO3. The summed E-state index contributed by atoms with van der Waals surface area (Å²) in [4.78, 5) is 10.5. The number of nitrogens with one attached hydrogen (secondary N) is 1. The smallest absolute Gasteiger partial charge is 0.322 e. The molecule has 0 saturated carbocycles. The van der Waals surface area contributed by atoms with E-state index < -0.39 is 5.97 Å². The molecule has 0 aliphatic heterocycles. The van der Waals surface area contributed by atoms with Crippen LogP contribution in [0, 0.1) is 5.82 Å². The number of halogens is 1. The highest BCUT2D eigenvalue weighted by Crippen LogP contribution is 2.18. The van der Waals surface area contributed by atoms with Crippen LogP contribution in [0.2, 0.25) is 0 Å². The van der Waals surface area contributed by atoms with Crippen molar-refractivity contribution in [1.29, 1.82) is 0 Å². The molecule has 0 aromatic heterocycles. The summed E-state index contributed by atoms with van der Waals surface area (Å²) >= 11 is 0. The van der Waals surface area contributed by atoms with Crippen molar-refractivity contribution in [2.75, 3.05) is 11.9 Å². The van der Waals surface area contributed by atoms with Gasteiger partial charge < -0.3 is 15.2 Å². The first kappa shape index (κ1) is 13.9. The molecule has 2 N–H and O–H groups in total. The quantitative estimate of drug-likeness (QED) is 0.851. The van der Waals surface area contributed by atoms with Gasteiger partial charge >= 0.3 is 5.97 Å². The second-order valence-electron chi connectivity index (χ2n) is 4.19. The maximum Gasteiger partial charge on any atom is 0.322 e. The molecule has 0 amide bonds. The maximum atomic E-state index is 12.8. The van der Waals surface area contributed by atoms with Gasteiger partial charge in [-0.25, -0.2) is 4.39 Å². The number of benzene rings is 2. The Balaban J connectivity index is 1.94. The van der Waals surface area contributed by atoms with Crippen molar-refractivity contribution >= 4 is 11.7 Å². The Morgan fingerprint density at radius 2 is 1.95 bits per heavy atom. The first-order chi connectivity index (χ1) is 9.63. The summed E-state index contributed by atoms with van der Waals surface area (Å²) in [6.45, 7) is 0.171. The lowest BCUT2D eigenvalue weighted by atomic mass is 10.2. The van der Waals surface area contributed by atoms with Crippen LogP contribution in [0.3, 0.4) is 0 Å². The Hall–Kier alpha value is -2.56. The SMILES string of the molecule is O=C(O)CNc1cccc(OCc2ccc(F)cc2)c1. The molecule has 0 fully saturated rings. The van der Waals surface area contributed by atoms with Gasteiger partial charge in [0.05, 0.1) is 0 Å². The maximum absolute atomic E-state index is 12.8. The van der Waals surface area contributed by atoms with Gasteiger partial charge in [-0.3, -0.25) is 4.79 Å². The van der Waals surface area contributed by atoms with E-state index in [4.69, 9.17) is 9.84 Å². The third kappa shape index (κ3) is 4.28. The fraction of sp³-hybridized carbons (Fsp3) is 0.133. The van der Waals surface area contributed by atoms with Gasteiger partial charge in [-0.05, 0) is 29.8 Å². The van der Waals surface area contributed by atoms with Gasteiger partial charge in [-0.1, -0.05) is 18.2 Å². The minimum Gasteiger partial charge on any atom is -0.489 e. The van der Waals surface area contributed by atoms with Crippen molar-refractivity contribution in [3.05, 3.63) is 59.9 Å². The van der Waals surface area contributed by atoms with Crippen LogP contribution in [-0.2, 0) is 11.4 Å². The predicted octanol–water partition coefficient (Wildman–Crippen LogP) is 2.90. The number of hydrogen-bond acceptors (Lipinski definition) is 3. The van der Waals surface area contributed by atoms with Crippen molar-refractivity contribution in [3.8, 4) is 5.75 Å². The Labute approximate surface area is 115 Å². The number of carboxylic acids is 1. The predicted molar refractivity (Wildman–Crippen MR) is 73.3 cm³/mol. The summed E-state index contributed by atoms with van der Waals surface area (Å²) in [5, 5.41) is 11.4. The van der Waals surface area contributed by atoms with E-state index in [0.717, 1.165) is 5.56 Å². The van der Waals surface area contributed by atoms with Crippen molar-refractivity contribution in [2.45, 2.75) is 6.61 Å². The van der Waals surface area contributed by atoms with Crippen LogP contribution >= 0.6 is 0 Å². The summed E-state index contributed by atoms with van der Waals surface area (Å²) in [7, 11) is 0. The zero-order chi connectivity index (χ0) is 14.4. The molecule has 0 aliphatic carbocycles. The second-order valence-corrected chi connectivity index (χ2v) is 4.19. The van der Waals surface area contributed by atoms with Crippen LogP contribution in [0.5, 0.6) is 5.75 Å². The Kier molecular flexibility index (Phi) is 4.55. The van der Waals surface area contributed by atoms with Gasteiger partial charge in [0.15, 0.2) is 0 Å². The van der Waals surface area contributed by atoms with Gasteiger partial charge in [0.25, 0.3) is 0 Å². The van der Waals surface area contributed by atoms with Crippen molar-refractivity contribution in [3.63, 3.8) is 0 Å². The molecule has 20 heavy (non-hydrogen) atoms. The molecule has 2 aromatic rings. The fourth-order valence-corrected chi connectivity index (χ4v) is 1.62. The zero-order valence-electron chi connectivity index (χ0n) is 10.7. The lowest BCUT2D eigenvalue weighted by Crippen LogP contribution is -2.12. The third-order valence-electron chi connectivity index (χ3n) is 2.60. The molecular weight excluding hydrogens is 261 g/mol. The normalized spacial score (nSPS) is 10.1. The van der Waals surface area contributed by atoms with Crippen LogP contribution in [0.1, 0.15) is 5.56 Å². The summed E-state index contributed by atoms with van der Waals surface area (Å²) < 4.78 is 18.3. The molecule has 2 aromatic carbocycles. The minimum atomic E-state index is -0.928. The Morgan fingerprint density at radius 3 is 2.65 bits per heavy atom. The number of rotatable bonds is 6. The van der Waals surface area contributed by atoms with E-state index in [1.54, 1.807) is 36.4 Å². The lowest BCUT2D eigenvalue weighted by Gasteiger charge is -2.09. The number of aliphatic carboxylic acids is 1. The molecule has 0 unspecified atom stereocenters. The average Bonchev–Trinajstić information content (AvgIpc) is 2.45. The highest BCUT2D eigenvalue weighted by molar-refractivity contribution is 5.72. The van der Waals surface area contributed by atoms with Crippen LogP contribution in [0.4, 0.5) is 10.1 Å². The van der Waals surface area contributed by atoms with Crippen LogP contribution in [0.25, 0.3) is 0 Å². The minimum absolute atomic E-state index is 0.151. The topological polar surface area (TPSA) is 58.6 Å². The molecule has 0 radical (unpaired) electrons. The summed E-state index contributed by atoms with van der Waals surface area (Å²) in [5.41, 5.74) is 1.53. The summed E-state index contributed by atoms with van der Waals surface area (Å²) in [6.07, 6.45) is 0. The monoisotopic (exact) mass is 275 g/mol. The lowest BCUT2D eigenvalue weighted by molar-refractivity contribution is -0.134. The average molecular weight is 275 g/mol. The van der Waals surface area contributed by atoms with Crippen molar-refractivity contribution in [2.24, 2.45) is 0 Å². The Morgan fingerprint density at radius 1 is 1.20 bits per heavy atom.